The first kappa shape index (κ1) is 15.4. The predicted molar refractivity (Wildman–Crippen MR) is 85.4 cm³/mol. The first-order valence-corrected chi connectivity index (χ1v) is 9.48. The average molecular weight is 295 g/mol. The van der Waals surface area contributed by atoms with E-state index in [0.29, 0.717) is 12.3 Å². The van der Waals surface area contributed by atoms with Gasteiger partial charge in [-0.3, -0.25) is 0 Å². The first-order valence-electron chi connectivity index (χ1n) is 7.42. The molecule has 1 aliphatic heterocycles. The fourth-order valence-electron chi connectivity index (χ4n) is 2.80. The molecule has 0 fully saturated rings. The second-order valence-corrected chi connectivity index (χ2v) is 8.38. The molecule has 3 nitrogen and oxygen atoms in total. The van der Waals surface area contributed by atoms with E-state index in [1.165, 1.54) is 23.1 Å². The molecule has 1 heterocycles. The number of hydrogen-bond acceptors (Lipinski definition) is 3. The number of rotatable bonds is 5. The van der Waals surface area contributed by atoms with Crippen molar-refractivity contribution >= 4 is 15.5 Å². The smallest absolute Gasteiger partial charge is 0.147 e. The Morgan fingerprint density at radius 2 is 2.05 bits per heavy atom. The Hall–Kier alpha value is -1.03. The van der Waals surface area contributed by atoms with Gasteiger partial charge in [-0.1, -0.05) is 26.0 Å². The van der Waals surface area contributed by atoms with Crippen LogP contribution in [-0.2, 0) is 16.3 Å². The Labute approximate surface area is 122 Å². The van der Waals surface area contributed by atoms with Gasteiger partial charge in [0, 0.05) is 25.0 Å². The number of nitrogens with zero attached hydrogens (tertiary/aromatic N) is 1. The molecular formula is C16H25NO2S. The lowest BCUT2D eigenvalue weighted by Gasteiger charge is -2.32. The number of aryl methyl sites for hydroxylation is 1. The number of benzene rings is 1. The van der Waals surface area contributed by atoms with Crippen molar-refractivity contribution in [2.75, 3.05) is 30.0 Å². The quantitative estimate of drug-likeness (QED) is 0.838. The van der Waals surface area contributed by atoms with Gasteiger partial charge < -0.3 is 4.90 Å². The average Bonchev–Trinajstić information content (AvgIpc) is 2.36. The maximum Gasteiger partial charge on any atom is 0.147 e. The van der Waals surface area contributed by atoms with Gasteiger partial charge in [0.15, 0.2) is 0 Å². The van der Waals surface area contributed by atoms with Crippen LogP contribution in [0.1, 0.15) is 43.7 Å². The van der Waals surface area contributed by atoms with Crippen molar-refractivity contribution in [3.8, 4) is 0 Å². The van der Waals surface area contributed by atoms with Gasteiger partial charge in [-0.2, -0.15) is 0 Å². The highest BCUT2D eigenvalue weighted by atomic mass is 32.2. The maximum atomic E-state index is 11.2. The van der Waals surface area contributed by atoms with E-state index in [4.69, 9.17) is 0 Å². The van der Waals surface area contributed by atoms with Crippen LogP contribution in [0.3, 0.4) is 0 Å². The molecule has 0 unspecified atom stereocenters. The minimum atomic E-state index is -2.85. The molecule has 2 rings (SSSR count). The highest BCUT2D eigenvalue weighted by molar-refractivity contribution is 7.90. The summed E-state index contributed by atoms with van der Waals surface area (Å²) in [6.45, 7) is 6.31. The Bertz CT molecular complexity index is 564. The van der Waals surface area contributed by atoms with Crippen LogP contribution in [0.4, 0.5) is 5.69 Å². The summed E-state index contributed by atoms with van der Waals surface area (Å²) in [6.07, 6.45) is 4.32. The van der Waals surface area contributed by atoms with Crippen molar-refractivity contribution in [2.24, 2.45) is 0 Å². The summed E-state index contributed by atoms with van der Waals surface area (Å²) >= 11 is 0. The van der Waals surface area contributed by atoms with E-state index < -0.39 is 9.84 Å². The van der Waals surface area contributed by atoms with Gasteiger partial charge in [0.2, 0.25) is 0 Å². The fraction of sp³-hybridized carbons (Fsp3) is 0.625. The molecule has 112 valence electrons. The van der Waals surface area contributed by atoms with Crippen LogP contribution in [0.2, 0.25) is 0 Å². The van der Waals surface area contributed by atoms with E-state index in [0.717, 1.165) is 25.9 Å². The summed E-state index contributed by atoms with van der Waals surface area (Å²) < 4.78 is 22.4. The molecule has 1 aromatic rings. The zero-order valence-corrected chi connectivity index (χ0v) is 13.5. The lowest BCUT2D eigenvalue weighted by atomic mass is 9.95. The standard InChI is InChI=1S/C16H25NO2S/c1-13(2)14-7-8-16-15(12-14)6-4-9-17(16)10-5-11-20(3,18)19/h7-8,12-13H,4-6,9-11H2,1-3H3. The molecule has 1 aliphatic rings. The number of hydrogen-bond donors (Lipinski definition) is 0. The van der Waals surface area contributed by atoms with Gasteiger partial charge in [0.25, 0.3) is 0 Å². The van der Waals surface area contributed by atoms with E-state index in [-0.39, 0.29) is 5.75 Å². The van der Waals surface area contributed by atoms with Crippen molar-refractivity contribution < 1.29 is 8.42 Å². The van der Waals surface area contributed by atoms with Crippen molar-refractivity contribution in [2.45, 2.75) is 39.0 Å². The molecule has 0 radical (unpaired) electrons. The highest BCUT2D eigenvalue weighted by Gasteiger charge is 2.17. The molecule has 0 aromatic heterocycles. The van der Waals surface area contributed by atoms with Gasteiger partial charge >= 0.3 is 0 Å². The van der Waals surface area contributed by atoms with Crippen LogP contribution in [0.25, 0.3) is 0 Å². The summed E-state index contributed by atoms with van der Waals surface area (Å²) in [7, 11) is -2.85. The number of fused-ring (bicyclic) bond motifs is 1. The van der Waals surface area contributed by atoms with Gasteiger partial charge in [-0.05, 0) is 42.4 Å². The Balaban J connectivity index is 2.08. The van der Waals surface area contributed by atoms with E-state index in [1.54, 1.807) is 0 Å². The molecule has 1 aromatic carbocycles. The van der Waals surface area contributed by atoms with E-state index in [9.17, 15) is 8.42 Å². The largest absolute Gasteiger partial charge is 0.371 e. The Morgan fingerprint density at radius 1 is 1.30 bits per heavy atom. The van der Waals surface area contributed by atoms with E-state index >= 15 is 0 Å². The molecule has 0 saturated carbocycles. The lowest BCUT2D eigenvalue weighted by molar-refractivity contribution is 0.597. The van der Waals surface area contributed by atoms with Crippen molar-refractivity contribution in [3.63, 3.8) is 0 Å². The molecular weight excluding hydrogens is 270 g/mol. The second kappa shape index (κ2) is 6.17. The third-order valence-corrected chi connectivity index (χ3v) is 4.96. The highest BCUT2D eigenvalue weighted by Crippen LogP contribution is 2.30. The summed E-state index contributed by atoms with van der Waals surface area (Å²) in [5, 5.41) is 0. The SMILES string of the molecule is CC(C)c1ccc2c(c1)CCCN2CCCS(C)(=O)=O. The Morgan fingerprint density at radius 3 is 2.70 bits per heavy atom. The molecule has 4 heteroatoms. The zero-order chi connectivity index (χ0) is 14.8. The van der Waals surface area contributed by atoms with Gasteiger partial charge in [-0.25, -0.2) is 8.42 Å². The molecule has 0 spiro atoms. The predicted octanol–water partition coefficient (Wildman–Crippen LogP) is 3.00. The molecule has 0 saturated heterocycles. The topological polar surface area (TPSA) is 37.4 Å². The molecule has 0 amide bonds. The third kappa shape index (κ3) is 3.98. The molecule has 20 heavy (non-hydrogen) atoms. The van der Waals surface area contributed by atoms with Gasteiger partial charge in [0.05, 0.1) is 5.75 Å². The zero-order valence-electron chi connectivity index (χ0n) is 12.7. The second-order valence-electron chi connectivity index (χ2n) is 6.12. The fourth-order valence-corrected chi connectivity index (χ4v) is 3.46. The third-order valence-electron chi connectivity index (χ3n) is 3.93. The summed E-state index contributed by atoms with van der Waals surface area (Å²) in [6, 6.07) is 6.74. The molecule has 0 N–H and O–H groups in total. The lowest BCUT2D eigenvalue weighted by Crippen LogP contribution is -2.31. The van der Waals surface area contributed by atoms with Crippen molar-refractivity contribution in [1.82, 2.24) is 0 Å². The van der Waals surface area contributed by atoms with Crippen molar-refractivity contribution in [3.05, 3.63) is 29.3 Å². The first-order chi connectivity index (χ1) is 9.37. The van der Waals surface area contributed by atoms with Crippen molar-refractivity contribution in [1.29, 1.82) is 0 Å². The van der Waals surface area contributed by atoms with E-state index in [2.05, 4.69) is 36.9 Å². The summed E-state index contributed by atoms with van der Waals surface area (Å²) in [5.41, 5.74) is 4.11. The molecule has 0 atom stereocenters. The minimum Gasteiger partial charge on any atom is -0.371 e. The van der Waals surface area contributed by atoms with Crippen LogP contribution in [0.5, 0.6) is 0 Å². The van der Waals surface area contributed by atoms with Gasteiger partial charge in [0.1, 0.15) is 9.84 Å². The molecule has 0 bridgehead atoms. The summed E-state index contributed by atoms with van der Waals surface area (Å²) in [5.74, 6) is 0.837. The number of anilines is 1. The minimum absolute atomic E-state index is 0.281. The van der Waals surface area contributed by atoms with Crippen LogP contribution < -0.4 is 4.90 Å². The Kier molecular flexibility index (Phi) is 4.74. The normalized spacial score (nSPS) is 15.5. The van der Waals surface area contributed by atoms with Crippen LogP contribution in [0, 0.1) is 0 Å². The monoisotopic (exact) mass is 295 g/mol. The van der Waals surface area contributed by atoms with Crippen LogP contribution >= 0.6 is 0 Å². The van der Waals surface area contributed by atoms with Gasteiger partial charge in [-0.15, -0.1) is 0 Å². The summed E-state index contributed by atoms with van der Waals surface area (Å²) in [4.78, 5) is 2.34. The molecule has 0 aliphatic carbocycles. The maximum absolute atomic E-state index is 11.2. The van der Waals surface area contributed by atoms with Crippen LogP contribution in [-0.4, -0.2) is 33.5 Å². The number of sulfone groups is 1. The van der Waals surface area contributed by atoms with Crippen LogP contribution in [0.15, 0.2) is 18.2 Å². The van der Waals surface area contributed by atoms with E-state index in [1.807, 2.05) is 0 Å².